The second-order valence-corrected chi connectivity index (χ2v) is 5.79. The van der Waals surface area contributed by atoms with Gasteiger partial charge in [-0.05, 0) is 31.2 Å². The highest BCUT2D eigenvalue weighted by atomic mass is 16.7. The van der Waals surface area contributed by atoms with Crippen molar-refractivity contribution in [1.29, 1.82) is 0 Å². The van der Waals surface area contributed by atoms with Crippen LogP contribution in [0.3, 0.4) is 0 Å². The lowest BCUT2D eigenvalue weighted by Gasteiger charge is -2.10. The molecule has 0 fully saturated rings. The van der Waals surface area contributed by atoms with Gasteiger partial charge < -0.3 is 19.3 Å². The number of nitrogens with zero attached hydrogens (tertiary/aromatic N) is 1. The van der Waals surface area contributed by atoms with Crippen LogP contribution in [-0.4, -0.2) is 22.9 Å². The molecule has 126 valence electrons. The first kappa shape index (κ1) is 15.3. The largest absolute Gasteiger partial charge is 0.487 e. The molecule has 0 amide bonds. The molecule has 6 nitrogen and oxygen atoms in total. The smallest absolute Gasteiger partial charge is 0.337 e. The van der Waals surface area contributed by atoms with Crippen LogP contribution in [-0.2, 0) is 6.61 Å². The Labute approximate surface area is 143 Å². The standard InChI is InChI=1S/C19H15NO5/c1-11-2-4-13(5-3-11)23-9-16-14(19(21)22)6-12-7-17-18(25-10-24-17)8-15(12)20-16/h2-8H,9-10H2,1H3,(H,21,22). The summed E-state index contributed by atoms with van der Waals surface area (Å²) >= 11 is 0. The van der Waals surface area contributed by atoms with Crippen molar-refractivity contribution in [3.63, 3.8) is 0 Å². The summed E-state index contributed by atoms with van der Waals surface area (Å²) in [7, 11) is 0. The number of aryl methyl sites for hydroxylation is 1. The van der Waals surface area contributed by atoms with Crippen LogP contribution in [0.5, 0.6) is 17.2 Å². The van der Waals surface area contributed by atoms with Gasteiger partial charge in [-0.25, -0.2) is 9.78 Å². The lowest BCUT2D eigenvalue weighted by molar-refractivity contribution is 0.0693. The van der Waals surface area contributed by atoms with E-state index >= 15 is 0 Å². The van der Waals surface area contributed by atoms with E-state index in [1.54, 1.807) is 18.2 Å². The Hall–Kier alpha value is -3.28. The molecule has 3 aromatic rings. The number of carboxylic acid groups (broad SMARTS) is 1. The molecule has 2 aromatic carbocycles. The SMILES string of the molecule is Cc1ccc(OCc2nc3cc4c(cc3cc2C(=O)O)OCO4)cc1. The van der Waals surface area contributed by atoms with Gasteiger partial charge in [-0.3, -0.25) is 0 Å². The molecular formula is C19H15NO5. The van der Waals surface area contributed by atoms with Crippen molar-refractivity contribution >= 4 is 16.9 Å². The zero-order chi connectivity index (χ0) is 17.4. The maximum Gasteiger partial charge on any atom is 0.337 e. The molecule has 0 spiro atoms. The summed E-state index contributed by atoms with van der Waals surface area (Å²) in [6.45, 7) is 2.21. The van der Waals surface area contributed by atoms with Crippen LogP contribution in [0.25, 0.3) is 10.9 Å². The maximum atomic E-state index is 11.6. The molecule has 1 aromatic heterocycles. The maximum absolute atomic E-state index is 11.6. The van der Waals surface area contributed by atoms with E-state index in [1.807, 2.05) is 31.2 Å². The zero-order valence-electron chi connectivity index (χ0n) is 13.5. The van der Waals surface area contributed by atoms with Crippen molar-refractivity contribution in [1.82, 2.24) is 4.98 Å². The minimum atomic E-state index is -1.05. The van der Waals surface area contributed by atoms with E-state index in [2.05, 4.69) is 4.98 Å². The average molecular weight is 337 g/mol. The molecule has 0 aliphatic carbocycles. The Morgan fingerprint density at radius 3 is 2.60 bits per heavy atom. The highest BCUT2D eigenvalue weighted by Crippen LogP contribution is 2.36. The molecule has 2 heterocycles. The molecule has 1 N–H and O–H groups in total. The minimum absolute atomic E-state index is 0.0646. The number of rotatable bonds is 4. The number of ether oxygens (including phenoxy) is 3. The first-order chi connectivity index (χ1) is 12.1. The van der Waals surface area contributed by atoms with E-state index < -0.39 is 5.97 Å². The van der Waals surface area contributed by atoms with Crippen LogP contribution in [0.4, 0.5) is 0 Å². The third-order valence-corrected chi connectivity index (χ3v) is 4.01. The van der Waals surface area contributed by atoms with Gasteiger partial charge >= 0.3 is 5.97 Å². The fourth-order valence-corrected chi connectivity index (χ4v) is 2.69. The van der Waals surface area contributed by atoms with Crippen molar-refractivity contribution in [2.75, 3.05) is 6.79 Å². The topological polar surface area (TPSA) is 77.9 Å². The molecule has 0 unspecified atom stereocenters. The van der Waals surface area contributed by atoms with Crippen molar-refractivity contribution in [3.8, 4) is 17.2 Å². The van der Waals surface area contributed by atoms with E-state index in [-0.39, 0.29) is 19.0 Å². The number of carbonyl (C=O) groups is 1. The summed E-state index contributed by atoms with van der Waals surface area (Å²) < 4.78 is 16.4. The fourth-order valence-electron chi connectivity index (χ4n) is 2.69. The summed E-state index contributed by atoms with van der Waals surface area (Å²) in [5.74, 6) is 0.812. The van der Waals surface area contributed by atoms with Gasteiger partial charge in [-0.15, -0.1) is 0 Å². The molecule has 0 bridgehead atoms. The Kier molecular flexibility index (Phi) is 3.65. The number of hydrogen-bond donors (Lipinski definition) is 1. The lowest BCUT2D eigenvalue weighted by Crippen LogP contribution is -2.08. The molecule has 4 rings (SSSR count). The van der Waals surface area contributed by atoms with Crippen LogP contribution >= 0.6 is 0 Å². The van der Waals surface area contributed by atoms with E-state index in [4.69, 9.17) is 14.2 Å². The normalized spacial score (nSPS) is 12.4. The zero-order valence-corrected chi connectivity index (χ0v) is 13.5. The Morgan fingerprint density at radius 2 is 1.88 bits per heavy atom. The molecule has 25 heavy (non-hydrogen) atoms. The van der Waals surface area contributed by atoms with Crippen LogP contribution in [0, 0.1) is 6.92 Å². The van der Waals surface area contributed by atoms with Crippen LogP contribution in [0.2, 0.25) is 0 Å². The van der Waals surface area contributed by atoms with E-state index in [1.165, 1.54) is 0 Å². The molecule has 6 heteroatoms. The number of pyridine rings is 1. The van der Waals surface area contributed by atoms with Crippen LogP contribution in [0.1, 0.15) is 21.6 Å². The number of fused-ring (bicyclic) bond motifs is 2. The van der Waals surface area contributed by atoms with Crippen molar-refractivity contribution in [2.45, 2.75) is 13.5 Å². The van der Waals surface area contributed by atoms with Gasteiger partial charge in [0.25, 0.3) is 0 Å². The molecule has 1 aliphatic rings. The summed E-state index contributed by atoms with van der Waals surface area (Å²) in [6.07, 6.45) is 0. The molecule has 0 radical (unpaired) electrons. The number of aromatic carboxylic acids is 1. The number of benzene rings is 2. The van der Waals surface area contributed by atoms with Gasteiger partial charge in [0.15, 0.2) is 11.5 Å². The lowest BCUT2D eigenvalue weighted by atomic mass is 10.1. The highest BCUT2D eigenvalue weighted by molar-refractivity contribution is 5.95. The van der Waals surface area contributed by atoms with Gasteiger partial charge in [-0.2, -0.15) is 0 Å². The van der Waals surface area contributed by atoms with Crippen molar-refractivity contribution < 1.29 is 24.1 Å². The molecule has 1 aliphatic heterocycles. The van der Waals surface area contributed by atoms with E-state index in [9.17, 15) is 9.90 Å². The average Bonchev–Trinajstić information content (AvgIpc) is 3.05. The first-order valence-corrected chi connectivity index (χ1v) is 7.76. The number of hydrogen-bond acceptors (Lipinski definition) is 5. The van der Waals surface area contributed by atoms with Gasteiger partial charge in [0.05, 0.1) is 16.8 Å². The van der Waals surface area contributed by atoms with Crippen LogP contribution < -0.4 is 14.2 Å². The van der Waals surface area contributed by atoms with Crippen molar-refractivity contribution in [3.05, 3.63) is 59.3 Å². The predicted molar refractivity (Wildman–Crippen MR) is 90.3 cm³/mol. The molecular weight excluding hydrogens is 322 g/mol. The quantitative estimate of drug-likeness (QED) is 0.784. The second-order valence-electron chi connectivity index (χ2n) is 5.79. The summed E-state index contributed by atoms with van der Waals surface area (Å²) in [4.78, 5) is 16.1. The minimum Gasteiger partial charge on any atom is -0.487 e. The summed E-state index contributed by atoms with van der Waals surface area (Å²) in [5, 5.41) is 10.2. The highest BCUT2D eigenvalue weighted by Gasteiger charge is 2.19. The number of aromatic nitrogens is 1. The molecule has 0 atom stereocenters. The number of carboxylic acids is 1. The fraction of sp³-hybridized carbons (Fsp3) is 0.158. The summed E-state index contributed by atoms with van der Waals surface area (Å²) in [5.41, 5.74) is 2.23. The Morgan fingerprint density at radius 1 is 1.16 bits per heavy atom. The van der Waals surface area contributed by atoms with Crippen LogP contribution in [0.15, 0.2) is 42.5 Å². The molecule has 0 saturated carbocycles. The molecule has 0 saturated heterocycles. The summed E-state index contributed by atoms with van der Waals surface area (Å²) in [6, 6.07) is 12.6. The van der Waals surface area contributed by atoms with E-state index in [0.29, 0.717) is 33.8 Å². The first-order valence-electron chi connectivity index (χ1n) is 7.76. The van der Waals surface area contributed by atoms with Gasteiger partial charge in [0.1, 0.15) is 12.4 Å². The Balaban J connectivity index is 1.70. The van der Waals surface area contributed by atoms with E-state index in [0.717, 1.165) is 5.56 Å². The predicted octanol–water partition coefficient (Wildman–Crippen LogP) is 3.55. The third-order valence-electron chi connectivity index (χ3n) is 4.01. The third kappa shape index (κ3) is 2.94. The van der Waals surface area contributed by atoms with Gasteiger partial charge in [0.2, 0.25) is 6.79 Å². The Bertz CT molecular complexity index is 966. The van der Waals surface area contributed by atoms with Gasteiger partial charge in [0, 0.05) is 11.5 Å². The monoisotopic (exact) mass is 337 g/mol. The van der Waals surface area contributed by atoms with Crippen molar-refractivity contribution in [2.24, 2.45) is 0 Å². The second kappa shape index (κ2) is 5.98. The van der Waals surface area contributed by atoms with Gasteiger partial charge in [-0.1, -0.05) is 17.7 Å².